The number of hydrogen-bond donors (Lipinski definition) is 1. The molecule has 1 N–H and O–H groups in total. The number of nitrogens with zero attached hydrogens (tertiary/aromatic N) is 2. The number of ether oxygens (including phenoxy) is 1. The number of sulfonamides is 1. The van der Waals surface area contributed by atoms with Crippen molar-refractivity contribution in [3.63, 3.8) is 0 Å². The number of aromatic amines is 1. The van der Waals surface area contributed by atoms with E-state index in [9.17, 15) is 8.42 Å². The molecule has 3 aromatic rings. The minimum atomic E-state index is -3.65. The van der Waals surface area contributed by atoms with Gasteiger partial charge in [-0.3, -0.25) is 5.10 Å². The van der Waals surface area contributed by atoms with E-state index in [-0.39, 0.29) is 4.90 Å². The summed E-state index contributed by atoms with van der Waals surface area (Å²) in [6, 6.07) is 17.0. The van der Waals surface area contributed by atoms with Crippen molar-refractivity contribution in [3.8, 4) is 17.0 Å². The zero-order valence-electron chi connectivity index (χ0n) is 16.4. The van der Waals surface area contributed by atoms with Crippen LogP contribution in [-0.2, 0) is 16.4 Å². The molecule has 1 aromatic heterocycles. The van der Waals surface area contributed by atoms with Gasteiger partial charge in [0.25, 0.3) is 0 Å². The first-order valence-corrected chi connectivity index (χ1v) is 11.6. The molecule has 0 amide bonds. The molecule has 0 radical (unpaired) electrons. The molecule has 0 aliphatic rings. The Balaban J connectivity index is 1.64. The average molecular weight is 478 g/mol. The molecular weight excluding hydrogens is 454 g/mol. The highest BCUT2D eigenvalue weighted by Gasteiger charge is 2.25. The second-order valence-corrected chi connectivity index (χ2v) is 9.53. The number of hydrogen-bond acceptors (Lipinski definition) is 4. The summed E-state index contributed by atoms with van der Waals surface area (Å²) in [7, 11) is -2.06. The van der Waals surface area contributed by atoms with Gasteiger partial charge in [0, 0.05) is 29.3 Å². The second kappa shape index (κ2) is 9.56. The molecule has 0 unspecified atom stereocenters. The van der Waals surface area contributed by atoms with Crippen LogP contribution in [-0.4, -0.2) is 43.1 Å². The molecule has 0 fully saturated rings. The summed E-state index contributed by atoms with van der Waals surface area (Å²) in [6.07, 6.45) is 1.38. The van der Waals surface area contributed by atoms with Crippen molar-refractivity contribution >= 4 is 26.0 Å². The van der Waals surface area contributed by atoms with Crippen LogP contribution >= 0.6 is 15.9 Å². The largest absolute Gasteiger partial charge is 0.492 e. The number of nitrogens with one attached hydrogen (secondary N) is 1. The zero-order chi connectivity index (χ0) is 20.9. The fourth-order valence-corrected chi connectivity index (χ4v) is 4.86. The Bertz CT molecular complexity index is 1050. The molecule has 6 nitrogen and oxygen atoms in total. The first-order chi connectivity index (χ1) is 13.9. The van der Waals surface area contributed by atoms with Gasteiger partial charge in [0.2, 0.25) is 10.0 Å². The molecule has 8 heteroatoms. The highest BCUT2D eigenvalue weighted by Crippen LogP contribution is 2.29. The Morgan fingerprint density at radius 1 is 1.14 bits per heavy atom. The lowest BCUT2D eigenvalue weighted by Crippen LogP contribution is -2.28. The summed E-state index contributed by atoms with van der Waals surface area (Å²) in [5, 5.41) is 7.38. The molecule has 0 bridgehead atoms. The Morgan fingerprint density at radius 3 is 2.62 bits per heavy atom. The van der Waals surface area contributed by atoms with Crippen molar-refractivity contribution in [1.29, 1.82) is 0 Å². The predicted molar refractivity (Wildman–Crippen MR) is 117 cm³/mol. The molecule has 0 saturated heterocycles. The number of aromatic nitrogens is 2. The van der Waals surface area contributed by atoms with Gasteiger partial charge in [-0.05, 0) is 44.0 Å². The molecule has 0 saturated carbocycles. The minimum absolute atomic E-state index is 0.170. The highest BCUT2D eigenvalue weighted by molar-refractivity contribution is 9.10. The standard InChI is InChI=1S/C21H24BrN3O3S/c1-3-28-20-12-11-17(22)14-21(20)29(26,27)25(2)13-7-10-18-15-19(24-23-18)16-8-5-4-6-9-16/h4-6,8-9,11-12,14-15H,3,7,10,13H2,1-2H3,(H,23,24). The summed E-state index contributed by atoms with van der Waals surface area (Å²) >= 11 is 3.34. The van der Waals surface area contributed by atoms with E-state index in [0.717, 1.165) is 17.0 Å². The van der Waals surface area contributed by atoms with Gasteiger partial charge in [-0.2, -0.15) is 5.10 Å². The number of halogens is 1. The van der Waals surface area contributed by atoms with Gasteiger partial charge in [-0.25, -0.2) is 12.7 Å². The number of benzene rings is 2. The smallest absolute Gasteiger partial charge is 0.246 e. The Morgan fingerprint density at radius 2 is 1.90 bits per heavy atom. The third kappa shape index (κ3) is 5.26. The van der Waals surface area contributed by atoms with Crippen LogP contribution in [0, 0.1) is 0 Å². The maximum atomic E-state index is 13.0. The Labute approximate surface area is 180 Å². The van der Waals surface area contributed by atoms with E-state index in [0.29, 0.717) is 36.2 Å². The van der Waals surface area contributed by atoms with Gasteiger partial charge in [0.15, 0.2) is 0 Å². The van der Waals surface area contributed by atoms with E-state index in [1.165, 1.54) is 4.31 Å². The van der Waals surface area contributed by atoms with Gasteiger partial charge in [0.1, 0.15) is 10.6 Å². The van der Waals surface area contributed by atoms with Crippen LogP contribution in [0.3, 0.4) is 0 Å². The zero-order valence-corrected chi connectivity index (χ0v) is 18.8. The van der Waals surface area contributed by atoms with Crippen LogP contribution in [0.2, 0.25) is 0 Å². The molecule has 29 heavy (non-hydrogen) atoms. The van der Waals surface area contributed by atoms with Gasteiger partial charge in [-0.15, -0.1) is 0 Å². The number of rotatable bonds is 9. The molecule has 154 valence electrons. The molecule has 3 rings (SSSR count). The first-order valence-electron chi connectivity index (χ1n) is 9.40. The van der Waals surface area contributed by atoms with Crippen LogP contribution in [0.1, 0.15) is 19.0 Å². The Kier molecular flexibility index (Phi) is 7.10. The lowest BCUT2D eigenvalue weighted by atomic mass is 10.1. The normalized spacial score (nSPS) is 11.7. The third-order valence-electron chi connectivity index (χ3n) is 4.51. The van der Waals surface area contributed by atoms with Crippen molar-refractivity contribution < 1.29 is 13.2 Å². The summed E-state index contributed by atoms with van der Waals surface area (Å²) in [5.74, 6) is 0.364. The van der Waals surface area contributed by atoms with Gasteiger partial charge in [0.05, 0.1) is 12.3 Å². The molecule has 0 aliphatic heterocycles. The SMILES string of the molecule is CCOc1ccc(Br)cc1S(=O)(=O)N(C)CCCc1cc(-c2ccccc2)n[nH]1. The van der Waals surface area contributed by atoms with Crippen molar-refractivity contribution in [2.45, 2.75) is 24.7 Å². The lowest BCUT2D eigenvalue weighted by molar-refractivity contribution is 0.329. The van der Waals surface area contributed by atoms with Crippen molar-refractivity contribution in [2.24, 2.45) is 0 Å². The summed E-state index contributed by atoms with van der Waals surface area (Å²) < 4.78 is 33.6. The van der Waals surface area contributed by atoms with Crippen LogP contribution in [0.15, 0.2) is 64.0 Å². The van der Waals surface area contributed by atoms with E-state index in [4.69, 9.17) is 4.74 Å². The van der Waals surface area contributed by atoms with E-state index in [1.54, 1.807) is 25.2 Å². The van der Waals surface area contributed by atoms with E-state index in [1.807, 2.05) is 43.3 Å². The van der Waals surface area contributed by atoms with Crippen molar-refractivity contribution in [3.05, 3.63) is 64.8 Å². The fraction of sp³-hybridized carbons (Fsp3) is 0.286. The second-order valence-electron chi connectivity index (χ2n) is 6.60. The molecule has 2 aromatic carbocycles. The Hall–Kier alpha value is -2.16. The third-order valence-corrected chi connectivity index (χ3v) is 6.88. The summed E-state index contributed by atoms with van der Waals surface area (Å²) in [6.45, 7) is 2.62. The average Bonchev–Trinajstić information content (AvgIpc) is 3.19. The van der Waals surface area contributed by atoms with Gasteiger partial charge >= 0.3 is 0 Å². The van der Waals surface area contributed by atoms with Crippen LogP contribution < -0.4 is 4.74 Å². The van der Waals surface area contributed by atoms with Gasteiger partial charge in [-0.1, -0.05) is 46.3 Å². The number of aryl methyl sites for hydroxylation is 1. The maximum absolute atomic E-state index is 13.0. The number of H-pyrrole nitrogens is 1. The van der Waals surface area contributed by atoms with Gasteiger partial charge < -0.3 is 4.74 Å². The monoisotopic (exact) mass is 477 g/mol. The van der Waals surface area contributed by atoms with Crippen molar-refractivity contribution in [1.82, 2.24) is 14.5 Å². The summed E-state index contributed by atoms with van der Waals surface area (Å²) in [4.78, 5) is 0.170. The fourth-order valence-electron chi connectivity index (χ4n) is 2.98. The topological polar surface area (TPSA) is 75.3 Å². The molecule has 0 atom stereocenters. The van der Waals surface area contributed by atoms with Crippen LogP contribution in [0.25, 0.3) is 11.3 Å². The molecular formula is C21H24BrN3O3S. The molecule has 0 spiro atoms. The van der Waals surface area contributed by atoms with Crippen LogP contribution in [0.4, 0.5) is 0 Å². The van der Waals surface area contributed by atoms with E-state index < -0.39 is 10.0 Å². The highest BCUT2D eigenvalue weighted by atomic mass is 79.9. The molecule has 1 heterocycles. The maximum Gasteiger partial charge on any atom is 0.246 e. The summed E-state index contributed by atoms with van der Waals surface area (Å²) in [5.41, 5.74) is 2.91. The molecule has 0 aliphatic carbocycles. The van der Waals surface area contributed by atoms with Crippen LogP contribution in [0.5, 0.6) is 5.75 Å². The minimum Gasteiger partial charge on any atom is -0.492 e. The predicted octanol–water partition coefficient (Wildman–Crippen LogP) is 4.49. The quantitative estimate of drug-likeness (QED) is 0.492. The van der Waals surface area contributed by atoms with Crippen molar-refractivity contribution in [2.75, 3.05) is 20.2 Å². The van der Waals surface area contributed by atoms with E-state index in [2.05, 4.69) is 26.1 Å². The van der Waals surface area contributed by atoms with E-state index >= 15 is 0 Å². The lowest BCUT2D eigenvalue weighted by Gasteiger charge is -2.19. The first kappa shape index (κ1) is 21.5.